The number of fused-ring (bicyclic) bond motifs is 1. The van der Waals surface area contributed by atoms with Gasteiger partial charge < -0.3 is 4.57 Å². The summed E-state index contributed by atoms with van der Waals surface area (Å²) in [5.41, 5.74) is 0.439. The van der Waals surface area contributed by atoms with E-state index in [1.807, 2.05) is 0 Å². The van der Waals surface area contributed by atoms with Crippen LogP contribution in [0, 0.1) is 0 Å². The number of halogens is 4. The van der Waals surface area contributed by atoms with Crippen LogP contribution in [0.1, 0.15) is 12.5 Å². The second kappa shape index (κ2) is 3.13. The molecular formula is C9H5BrClF2N3. The molecule has 0 bridgehead atoms. The van der Waals surface area contributed by atoms with E-state index in [4.69, 9.17) is 11.6 Å². The summed E-state index contributed by atoms with van der Waals surface area (Å²) in [4.78, 5) is 7.81. The van der Waals surface area contributed by atoms with Gasteiger partial charge in [0.15, 0.2) is 0 Å². The summed E-state index contributed by atoms with van der Waals surface area (Å²) in [7, 11) is 0. The fraction of sp³-hybridized carbons (Fsp3) is 0.333. The largest absolute Gasteiger partial charge is 0.322 e. The lowest BCUT2D eigenvalue weighted by atomic mass is 10.4. The summed E-state index contributed by atoms with van der Waals surface area (Å²) < 4.78 is 28.1. The van der Waals surface area contributed by atoms with Crippen molar-refractivity contribution >= 4 is 38.6 Å². The average Bonchev–Trinajstić information content (AvgIpc) is 2.68. The van der Waals surface area contributed by atoms with Gasteiger partial charge in [-0.1, -0.05) is 11.6 Å². The van der Waals surface area contributed by atoms with Crippen molar-refractivity contribution in [3.63, 3.8) is 0 Å². The van der Waals surface area contributed by atoms with Crippen LogP contribution in [0.3, 0.4) is 0 Å². The van der Waals surface area contributed by atoms with Gasteiger partial charge in [-0.2, -0.15) is 0 Å². The molecule has 0 aromatic carbocycles. The molecule has 2 aromatic heterocycles. The molecule has 84 valence electrons. The highest BCUT2D eigenvalue weighted by Gasteiger charge is 2.58. The van der Waals surface area contributed by atoms with Crippen molar-refractivity contribution in [3.05, 3.63) is 22.1 Å². The van der Waals surface area contributed by atoms with Gasteiger partial charge in [-0.15, -0.1) is 0 Å². The molecule has 2 aromatic rings. The number of rotatable bonds is 1. The summed E-state index contributed by atoms with van der Waals surface area (Å²) in [6.45, 7) is 0. The Morgan fingerprint density at radius 1 is 1.50 bits per heavy atom. The summed E-state index contributed by atoms with van der Waals surface area (Å²) in [5, 5.41) is 0.839. The van der Waals surface area contributed by atoms with Gasteiger partial charge in [0.05, 0.1) is 5.39 Å². The zero-order valence-electron chi connectivity index (χ0n) is 7.79. The third-order valence-electron chi connectivity index (χ3n) is 2.65. The predicted molar refractivity (Wildman–Crippen MR) is 58.8 cm³/mol. The minimum Gasteiger partial charge on any atom is -0.322 e. The second-order valence-electron chi connectivity index (χ2n) is 3.73. The first-order valence-electron chi connectivity index (χ1n) is 4.55. The van der Waals surface area contributed by atoms with Crippen molar-refractivity contribution in [2.45, 2.75) is 18.4 Å². The molecule has 1 fully saturated rings. The second-order valence-corrected chi connectivity index (χ2v) is 4.94. The van der Waals surface area contributed by atoms with Gasteiger partial charge in [0, 0.05) is 17.1 Å². The quantitative estimate of drug-likeness (QED) is 0.756. The van der Waals surface area contributed by atoms with Crippen LogP contribution < -0.4 is 0 Å². The molecule has 1 atom stereocenters. The van der Waals surface area contributed by atoms with Crippen LogP contribution in [0.4, 0.5) is 8.78 Å². The smallest absolute Gasteiger partial charge is 0.270 e. The number of alkyl halides is 2. The van der Waals surface area contributed by atoms with Crippen molar-refractivity contribution in [1.29, 1.82) is 0 Å². The Morgan fingerprint density at radius 2 is 2.19 bits per heavy atom. The van der Waals surface area contributed by atoms with E-state index < -0.39 is 12.0 Å². The van der Waals surface area contributed by atoms with Crippen molar-refractivity contribution < 1.29 is 8.78 Å². The van der Waals surface area contributed by atoms with E-state index in [9.17, 15) is 8.78 Å². The number of hydrogen-bond acceptors (Lipinski definition) is 2. The normalized spacial score (nSPS) is 22.6. The highest BCUT2D eigenvalue weighted by Crippen LogP contribution is 2.54. The molecule has 0 aliphatic heterocycles. The van der Waals surface area contributed by atoms with Gasteiger partial charge in [-0.3, -0.25) is 0 Å². The van der Waals surface area contributed by atoms with Gasteiger partial charge in [0.1, 0.15) is 23.2 Å². The SMILES string of the molecule is FC1(F)CC1n1cc(Br)c2c(Cl)ncnc21. The van der Waals surface area contributed by atoms with Crippen molar-refractivity contribution in [1.82, 2.24) is 14.5 Å². The zero-order chi connectivity index (χ0) is 11.5. The van der Waals surface area contributed by atoms with Crippen molar-refractivity contribution in [2.24, 2.45) is 0 Å². The number of nitrogens with zero attached hydrogens (tertiary/aromatic N) is 3. The Hall–Kier alpha value is -0.750. The summed E-state index contributed by atoms with van der Waals surface area (Å²) in [5.74, 6) is -2.64. The van der Waals surface area contributed by atoms with Crippen LogP contribution in [-0.2, 0) is 0 Å². The monoisotopic (exact) mass is 307 g/mol. The lowest BCUT2D eigenvalue weighted by Gasteiger charge is -2.01. The third-order valence-corrected chi connectivity index (χ3v) is 3.53. The number of hydrogen-bond donors (Lipinski definition) is 0. The maximum Gasteiger partial charge on any atom is 0.270 e. The Kier molecular flexibility index (Phi) is 2.04. The van der Waals surface area contributed by atoms with Gasteiger partial charge in [-0.05, 0) is 15.9 Å². The molecule has 0 radical (unpaired) electrons. The fourth-order valence-corrected chi connectivity index (χ4v) is 2.67. The van der Waals surface area contributed by atoms with Crippen LogP contribution >= 0.6 is 27.5 Å². The minimum absolute atomic E-state index is 0.148. The maximum absolute atomic E-state index is 13.0. The first kappa shape index (κ1) is 10.4. The Balaban J connectivity index is 2.24. The molecule has 0 spiro atoms. The van der Waals surface area contributed by atoms with E-state index in [2.05, 4.69) is 25.9 Å². The first-order chi connectivity index (χ1) is 7.50. The molecule has 1 unspecified atom stereocenters. The van der Waals surface area contributed by atoms with Crippen LogP contribution in [0.5, 0.6) is 0 Å². The van der Waals surface area contributed by atoms with E-state index in [1.165, 1.54) is 10.9 Å². The Labute approximate surface area is 103 Å². The molecular weight excluding hydrogens is 303 g/mol. The fourth-order valence-electron chi connectivity index (χ4n) is 1.74. The van der Waals surface area contributed by atoms with E-state index in [0.717, 1.165) is 0 Å². The molecule has 0 amide bonds. The molecule has 2 heterocycles. The summed E-state index contributed by atoms with van der Waals surface area (Å²) >= 11 is 9.16. The van der Waals surface area contributed by atoms with E-state index in [1.54, 1.807) is 6.20 Å². The lowest BCUT2D eigenvalue weighted by molar-refractivity contribution is 0.101. The van der Waals surface area contributed by atoms with Gasteiger partial charge in [0.2, 0.25) is 0 Å². The Bertz CT molecular complexity index is 583. The van der Waals surface area contributed by atoms with Gasteiger partial charge in [0.25, 0.3) is 5.92 Å². The predicted octanol–water partition coefficient (Wildman–Crippen LogP) is 3.43. The highest BCUT2D eigenvalue weighted by atomic mass is 79.9. The third kappa shape index (κ3) is 1.36. The lowest BCUT2D eigenvalue weighted by Crippen LogP contribution is -2.01. The van der Waals surface area contributed by atoms with Crippen molar-refractivity contribution in [3.8, 4) is 0 Å². The van der Waals surface area contributed by atoms with Crippen LogP contribution in [0.25, 0.3) is 11.0 Å². The minimum atomic E-state index is -2.64. The topological polar surface area (TPSA) is 30.7 Å². The van der Waals surface area contributed by atoms with Crippen molar-refractivity contribution in [2.75, 3.05) is 0 Å². The first-order valence-corrected chi connectivity index (χ1v) is 5.72. The molecule has 0 N–H and O–H groups in total. The van der Waals surface area contributed by atoms with Gasteiger partial charge in [-0.25, -0.2) is 18.7 Å². The summed E-state index contributed by atoms with van der Waals surface area (Å²) in [6.07, 6.45) is 2.70. The molecule has 16 heavy (non-hydrogen) atoms. The average molecular weight is 309 g/mol. The summed E-state index contributed by atoms with van der Waals surface area (Å²) in [6, 6.07) is -0.813. The highest BCUT2D eigenvalue weighted by molar-refractivity contribution is 9.10. The molecule has 3 rings (SSSR count). The van der Waals surface area contributed by atoms with Crippen LogP contribution in [0.2, 0.25) is 5.15 Å². The maximum atomic E-state index is 13.0. The van der Waals surface area contributed by atoms with Crippen LogP contribution in [-0.4, -0.2) is 20.5 Å². The standard InChI is InChI=1S/C9H5BrClF2N3/c10-4-2-16(5-1-9(5,12)13)8-6(4)7(11)14-3-15-8/h2-3,5H,1H2. The van der Waals surface area contributed by atoms with E-state index in [0.29, 0.717) is 15.5 Å². The molecule has 1 aliphatic carbocycles. The molecule has 0 saturated heterocycles. The van der Waals surface area contributed by atoms with E-state index >= 15 is 0 Å². The Morgan fingerprint density at radius 3 is 2.81 bits per heavy atom. The van der Waals surface area contributed by atoms with Crippen LogP contribution in [0.15, 0.2) is 17.0 Å². The molecule has 1 aliphatic rings. The zero-order valence-corrected chi connectivity index (χ0v) is 10.1. The molecule has 3 nitrogen and oxygen atoms in total. The van der Waals surface area contributed by atoms with Gasteiger partial charge >= 0.3 is 0 Å². The van der Waals surface area contributed by atoms with E-state index in [-0.39, 0.29) is 11.6 Å². The molecule has 7 heteroatoms. The molecule has 1 saturated carbocycles. The number of aromatic nitrogens is 3.